The molecule has 182 valence electrons. The molecule has 4 atom stereocenters. The summed E-state index contributed by atoms with van der Waals surface area (Å²) in [6.07, 6.45) is 5.15. The van der Waals surface area contributed by atoms with E-state index < -0.39 is 52.9 Å². The molecular weight excluding hydrogens is 486 g/mol. The highest BCUT2D eigenvalue weighted by Crippen LogP contribution is 2.44. The molecule has 0 spiro atoms. The van der Waals surface area contributed by atoms with Gasteiger partial charge in [-0.3, -0.25) is 19.3 Å². The molecule has 3 unspecified atom stereocenters. The first kappa shape index (κ1) is 24.2. The predicted molar refractivity (Wildman–Crippen MR) is 120 cm³/mol. The minimum Gasteiger partial charge on any atom is -0.481 e. The number of carboxylic acids is 2. The van der Waals surface area contributed by atoms with Gasteiger partial charge < -0.3 is 21.3 Å². The molecule has 1 aliphatic carbocycles. The highest BCUT2D eigenvalue weighted by atomic mass is 32.2. The molecule has 15 heteroatoms. The Bertz CT molecular complexity index is 1060. The highest BCUT2D eigenvalue weighted by molar-refractivity contribution is 8.01. The number of carboxylic acid groups (broad SMARTS) is 2. The second kappa shape index (κ2) is 10.1. The maximum absolute atomic E-state index is 12.9. The Labute approximate surface area is 202 Å². The van der Waals surface area contributed by atoms with Crippen LogP contribution in [-0.2, 0) is 19.2 Å². The number of hydrogen-bond acceptors (Lipinski definition) is 10. The van der Waals surface area contributed by atoms with Crippen LogP contribution in [0.3, 0.4) is 0 Å². The van der Waals surface area contributed by atoms with Gasteiger partial charge >= 0.3 is 11.9 Å². The number of allylic oxidation sites excluding steroid dienone is 1. The summed E-state index contributed by atoms with van der Waals surface area (Å²) >= 11 is 2.20. The molecule has 2 amide bonds. The average Bonchev–Trinajstić information content (AvgIpc) is 3.33. The first-order valence-corrected chi connectivity index (χ1v) is 12.5. The van der Waals surface area contributed by atoms with E-state index in [2.05, 4.69) is 25.9 Å². The van der Waals surface area contributed by atoms with Gasteiger partial charge in [0.2, 0.25) is 11.1 Å². The summed E-state index contributed by atoms with van der Waals surface area (Å²) in [6.45, 7) is 0. The van der Waals surface area contributed by atoms with Crippen LogP contribution in [0.4, 0.5) is 0 Å². The molecule has 34 heavy (non-hydrogen) atoms. The average molecular weight is 510 g/mol. The number of nitrogens with two attached hydrogens (primary N) is 1. The number of rotatable bonds is 9. The zero-order valence-electron chi connectivity index (χ0n) is 17.8. The Morgan fingerprint density at radius 2 is 2.15 bits per heavy atom. The number of nitrogens with zero attached hydrogens (tertiary/aromatic N) is 4. The molecule has 13 nitrogen and oxygen atoms in total. The van der Waals surface area contributed by atoms with E-state index in [0.29, 0.717) is 0 Å². The van der Waals surface area contributed by atoms with Gasteiger partial charge in [0, 0.05) is 11.0 Å². The van der Waals surface area contributed by atoms with Crippen molar-refractivity contribution in [3.8, 4) is 0 Å². The number of fused-ring (bicyclic) bond motifs is 1. The first-order chi connectivity index (χ1) is 16.3. The van der Waals surface area contributed by atoms with Crippen molar-refractivity contribution < 1.29 is 29.4 Å². The SMILES string of the molecule is NC(C(=O)NC1C(=O)N2C(C(=O)O)=C(C(CC(=O)O)Sc3nn[nH]n3)CS[C@@H]12)C1=CCCCC1. The van der Waals surface area contributed by atoms with Crippen molar-refractivity contribution in [1.82, 2.24) is 30.8 Å². The standard InChI is InChI=1S/C19H23N7O6S2/c20-12(8-4-2-1-3-5-8)15(29)21-13-16(30)26-14(18(31)32)9(7-33-17(13)26)10(6-11(27)28)34-19-22-24-25-23-19/h4,10,12-13,17H,1-3,5-7,20H2,(H,21,29)(H,27,28)(H,31,32)(H,22,23,24,25)/t10?,12?,13?,17-/m0/s1. The van der Waals surface area contributed by atoms with Gasteiger partial charge in [-0.2, -0.15) is 5.21 Å². The van der Waals surface area contributed by atoms with Crippen molar-refractivity contribution in [2.75, 3.05) is 5.75 Å². The lowest BCUT2D eigenvalue weighted by molar-refractivity contribution is -0.150. The van der Waals surface area contributed by atoms with Crippen LogP contribution in [0.15, 0.2) is 28.1 Å². The topological polar surface area (TPSA) is 204 Å². The molecular formula is C19H23N7O6S2. The number of aliphatic carboxylic acids is 2. The lowest BCUT2D eigenvalue weighted by Gasteiger charge is -2.50. The van der Waals surface area contributed by atoms with E-state index in [1.165, 1.54) is 11.8 Å². The molecule has 3 aliphatic rings. The minimum absolute atomic E-state index is 0.154. The number of carbonyl (C=O) groups excluding carboxylic acids is 2. The molecule has 2 aliphatic heterocycles. The minimum atomic E-state index is -1.36. The second-order valence-electron chi connectivity index (χ2n) is 7.98. The van der Waals surface area contributed by atoms with Gasteiger partial charge in [-0.05, 0) is 42.0 Å². The van der Waals surface area contributed by atoms with Crippen LogP contribution in [0.2, 0.25) is 0 Å². The summed E-state index contributed by atoms with van der Waals surface area (Å²) in [6, 6.07) is -1.77. The Morgan fingerprint density at radius 1 is 1.35 bits per heavy atom. The number of tetrazole rings is 1. The Hall–Kier alpha value is -2.91. The van der Waals surface area contributed by atoms with Crippen LogP contribution in [0, 0.1) is 0 Å². The molecule has 1 saturated heterocycles. The fraction of sp³-hybridized carbons (Fsp3) is 0.526. The Morgan fingerprint density at radius 3 is 2.76 bits per heavy atom. The molecule has 3 heterocycles. The predicted octanol–water partition coefficient (Wildman–Crippen LogP) is -0.299. The van der Waals surface area contributed by atoms with Gasteiger partial charge in [-0.15, -0.1) is 22.0 Å². The lowest BCUT2D eigenvalue weighted by Crippen LogP contribution is -2.71. The molecule has 6 N–H and O–H groups in total. The smallest absolute Gasteiger partial charge is 0.352 e. The van der Waals surface area contributed by atoms with Crippen LogP contribution in [-0.4, -0.2) is 88.0 Å². The van der Waals surface area contributed by atoms with Gasteiger partial charge in [-0.1, -0.05) is 17.8 Å². The number of H-pyrrole nitrogens is 1. The largest absolute Gasteiger partial charge is 0.481 e. The normalized spacial score (nSPS) is 24.0. The van der Waals surface area contributed by atoms with Crippen molar-refractivity contribution in [3.05, 3.63) is 22.9 Å². The summed E-state index contributed by atoms with van der Waals surface area (Å²) in [5.41, 5.74) is 6.92. The third kappa shape index (κ3) is 4.81. The molecule has 1 aromatic heterocycles. The van der Waals surface area contributed by atoms with Crippen LogP contribution >= 0.6 is 23.5 Å². The van der Waals surface area contributed by atoms with Crippen LogP contribution in [0.25, 0.3) is 0 Å². The molecule has 1 fully saturated rings. The van der Waals surface area contributed by atoms with Crippen LogP contribution in [0.5, 0.6) is 0 Å². The molecule has 0 bridgehead atoms. The van der Waals surface area contributed by atoms with Crippen molar-refractivity contribution in [1.29, 1.82) is 0 Å². The number of β-lactam (4-membered cyclic amide) rings is 1. The van der Waals surface area contributed by atoms with Gasteiger partial charge in [0.05, 0.1) is 6.42 Å². The van der Waals surface area contributed by atoms with Crippen molar-refractivity contribution in [3.63, 3.8) is 0 Å². The highest BCUT2D eigenvalue weighted by Gasteiger charge is 2.55. The Kier molecular flexibility index (Phi) is 7.23. The van der Waals surface area contributed by atoms with Gasteiger partial charge in [-0.25, -0.2) is 4.79 Å². The summed E-state index contributed by atoms with van der Waals surface area (Å²) in [7, 11) is 0. The van der Waals surface area contributed by atoms with Crippen molar-refractivity contribution in [2.24, 2.45) is 5.73 Å². The van der Waals surface area contributed by atoms with E-state index >= 15 is 0 Å². The second-order valence-corrected chi connectivity index (χ2v) is 10.3. The third-order valence-electron chi connectivity index (χ3n) is 5.83. The maximum atomic E-state index is 12.9. The third-order valence-corrected chi connectivity index (χ3v) is 8.25. The zero-order valence-corrected chi connectivity index (χ0v) is 19.5. The van der Waals surface area contributed by atoms with Crippen LogP contribution < -0.4 is 11.1 Å². The number of nitrogens with one attached hydrogen (secondary N) is 2. The van der Waals surface area contributed by atoms with E-state index in [0.717, 1.165) is 47.9 Å². The van der Waals surface area contributed by atoms with Crippen molar-refractivity contribution in [2.45, 2.75) is 60.0 Å². The molecule has 0 aromatic carbocycles. The molecule has 0 radical (unpaired) electrons. The molecule has 4 rings (SSSR count). The first-order valence-electron chi connectivity index (χ1n) is 10.6. The molecule has 1 aromatic rings. The fourth-order valence-electron chi connectivity index (χ4n) is 4.17. The number of amides is 2. The summed E-state index contributed by atoms with van der Waals surface area (Å²) in [5, 5.41) is 33.9. The zero-order chi connectivity index (χ0) is 24.4. The monoisotopic (exact) mass is 509 g/mol. The number of thioether (sulfide) groups is 2. The van der Waals surface area contributed by atoms with Gasteiger partial charge in [0.1, 0.15) is 23.2 Å². The van der Waals surface area contributed by atoms with E-state index in [9.17, 15) is 29.4 Å². The lowest BCUT2D eigenvalue weighted by atomic mass is 9.93. The summed E-state index contributed by atoms with van der Waals surface area (Å²) in [4.78, 5) is 50.3. The van der Waals surface area contributed by atoms with Crippen LogP contribution in [0.1, 0.15) is 32.1 Å². The fourth-order valence-corrected chi connectivity index (χ4v) is 6.70. The number of aromatic nitrogens is 4. The quantitative estimate of drug-likeness (QED) is 0.165. The summed E-state index contributed by atoms with van der Waals surface area (Å²) in [5.74, 6) is -3.40. The Balaban J connectivity index is 1.53. The van der Waals surface area contributed by atoms with Crippen molar-refractivity contribution >= 4 is 47.3 Å². The van der Waals surface area contributed by atoms with E-state index in [1.807, 2.05) is 6.08 Å². The molecule has 0 saturated carbocycles. The maximum Gasteiger partial charge on any atom is 0.352 e. The van der Waals surface area contributed by atoms with Gasteiger partial charge in [0.15, 0.2) is 0 Å². The van der Waals surface area contributed by atoms with Gasteiger partial charge in [0.25, 0.3) is 5.91 Å². The van der Waals surface area contributed by atoms with E-state index in [1.54, 1.807) is 0 Å². The van der Waals surface area contributed by atoms with E-state index in [4.69, 9.17) is 5.73 Å². The number of hydrogen-bond donors (Lipinski definition) is 5. The summed E-state index contributed by atoms with van der Waals surface area (Å²) < 4.78 is 0. The number of carbonyl (C=O) groups is 4. The van der Waals surface area contributed by atoms with E-state index in [-0.39, 0.29) is 22.2 Å². The number of aromatic amines is 1.